The molecule has 3 N–H and O–H groups in total. The van der Waals surface area contributed by atoms with Crippen LogP contribution in [0.5, 0.6) is 5.75 Å². The predicted molar refractivity (Wildman–Crippen MR) is 256 cm³/mol. The number of imide groups is 1. The van der Waals surface area contributed by atoms with Crippen molar-refractivity contribution in [2.45, 2.75) is 61.9 Å². The molecule has 4 aliphatic rings. The van der Waals surface area contributed by atoms with Gasteiger partial charge < -0.3 is 34.4 Å². The van der Waals surface area contributed by atoms with Crippen LogP contribution < -0.4 is 15.0 Å². The van der Waals surface area contributed by atoms with Crippen molar-refractivity contribution in [3.63, 3.8) is 0 Å². The van der Waals surface area contributed by atoms with Gasteiger partial charge in [-0.1, -0.05) is 109 Å². The number of rotatable bonds is 12. The third kappa shape index (κ3) is 8.22. The van der Waals surface area contributed by atoms with E-state index < -0.39 is 59.4 Å². The number of esters is 1. The van der Waals surface area contributed by atoms with Crippen LogP contribution in [0.1, 0.15) is 77.5 Å². The van der Waals surface area contributed by atoms with E-state index in [1.807, 2.05) is 89.8 Å². The quantitative estimate of drug-likeness (QED) is 0.0629. The third-order valence-electron chi connectivity index (χ3n) is 13.5. The molecule has 10 rings (SSSR count). The molecule has 0 bridgehead atoms. The summed E-state index contributed by atoms with van der Waals surface area (Å²) in [4.78, 5) is 73.4. The van der Waals surface area contributed by atoms with E-state index in [2.05, 4.69) is 28.2 Å². The monoisotopic (exact) mass is 925 g/mol. The first-order chi connectivity index (χ1) is 33.8. The van der Waals surface area contributed by atoms with Gasteiger partial charge in [-0.25, -0.2) is 14.7 Å². The molecule has 2 saturated heterocycles. The van der Waals surface area contributed by atoms with Gasteiger partial charge in [0, 0.05) is 18.2 Å². The topological polar surface area (TPSA) is 173 Å². The number of cyclic esters (lactones) is 1. The summed E-state index contributed by atoms with van der Waals surface area (Å²) in [7, 11) is 1.47. The number of nitrogens with one attached hydrogen (secondary N) is 2. The van der Waals surface area contributed by atoms with Crippen LogP contribution in [0.4, 0.5) is 10.5 Å². The number of ether oxygens (including phenoxy) is 4. The van der Waals surface area contributed by atoms with E-state index in [4.69, 9.17) is 23.9 Å². The zero-order valence-electron chi connectivity index (χ0n) is 38.0. The number of anilines is 1. The molecule has 0 radical (unpaired) electrons. The van der Waals surface area contributed by atoms with Gasteiger partial charge in [0.2, 0.25) is 11.8 Å². The average molecular weight is 926 g/mol. The summed E-state index contributed by atoms with van der Waals surface area (Å²) in [5, 5.41) is 13.2. The van der Waals surface area contributed by atoms with Crippen LogP contribution in [0, 0.1) is 17.8 Å². The number of methoxy groups -OCH3 is 1. The van der Waals surface area contributed by atoms with Gasteiger partial charge in [-0.3, -0.25) is 19.3 Å². The first kappa shape index (κ1) is 45.2. The van der Waals surface area contributed by atoms with Crippen LogP contribution in [-0.2, 0) is 40.6 Å². The molecular formula is C55H51N5O9. The highest BCUT2D eigenvalue weighted by Gasteiger charge is 2.76. The van der Waals surface area contributed by atoms with Gasteiger partial charge in [0.15, 0.2) is 0 Å². The first-order valence-electron chi connectivity index (χ1n) is 23.3. The Morgan fingerprint density at radius 2 is 1.62 bits per heavy atom. The molecule has 350 valence electrons. The molecule has 1 aromatic heterocycles. The molecule has 4 heterocycles. The minimum absolute atomic E-state index is 0.0580. The van der Waals surface area contributed by atoms with Crippen LogP contribution >= 0.6 is 0 Å². The summed E-state index contributed by atoms with van der Waals surface area (Å²) >= 11 is 0. The van der Waals surface area contributed by atoms with Crippen molar-refractivity contribution in [1.29, 1.82) is 0 Å². The van der Waals surface area contributed by atoms with Crippen molar-refractivity contribution in [2.24, 2.45) is 5.92 Å². The number of benzene rings is 5. The maximum absolute atomic E-state index is 16.5. The van der Waals surface area contributed by atoms with E-state index in [9.17, 15) is 9.90 Å². The zero-order valence-corrected chi connectivity index (χ0v) is 38.0. The summed E-state index contributed by atoms with van der Waals surface area (Å²) in [5.41, 5.74) is 3.22. The minimum Gasteiger partial charge on any atom is -0.491 e. The minimum atomic E-state index is -2.09. The van der Waals surface area contributed by atoms with Crippen LogP contribution in [0.15, 0.2) is 139 Å². The number of allylic oxidation sites excluding steroid dienone is 2. The van der Waals surface area contributed by atoms with Gasteiger partial charge in [0.25, 0.3) is 0 Å². The molecule has 3 amide bonds. The third-order valence-corrected chi connectivity index (χ3v) is 13.5. The molecule has 6 aromatic rings. The van der Waals surface area contributed by atoms with Crippen molar-refractivity contribution in [2.75, 3.05) is 38.4 Å². The number of fused-ring (bicyclic) bond motifs is 4. The number of morpholine rings is 1. The lowest BCUT2D eigenvalue weighted by Crippen LogP contribution is -2.55. The number of nitrogens with zero attached hydrogens (tertiary/aromatic N) is 3. The van der Waals surface area contributed by atoms with Crippen molar-refractivity contribution < 1.29 is 43.2 Å². The standard InChI is InChI=1S/C55H51N5O9/c1-66-31-32-68-54(65)59-43-28-27-36(26-25-35-15-5-2-6-16-35)33-40(43)55(53(59)64)46(51(62)56-34-45-57-41-22-12-13-23-42(41)58-45)48-52(63)69-49(38-19-9-4-10-20-38)47(37-17-7-3-8-18-37)60(48)50(55)39-21-11-14-24-44(39)67-30-29-61/h3-4,7-15,17-24,27-28,33,46-50,61H,2,5-6,16,29-32,34H2,1H3,(H,56,62)(H,57,58). The number of aromatic amines is 1. The number of hydrogen-bond acceptors (Lipinski definition) is 11. The van der Waals surface area contributed by atoms with E-state index in [0.29, 0.717) is 33.8 Å². The highest BCUT2D eigenvalue weighted by Crippen LogP contribution is 2.66. The molecule has 1 spiro atoms. The Labute approximate surface area is 399 Å². The Balaban J connectivity index is 1.26. The normalized spacial score (nSPS) is 22.8. The number of H-pyrrole nitrogens is 1. The molecule has 14 nitrogen and oxygen atoms in total. The number of aromatic nitrogens is 2. The molecule has 3 aliphatic heterocycles. The number of amides is 3. The second-order valence-electron chi connectivity index (χ2n) is 17.5. The smallest absolute Gasteiger partial charge is 0.421 e. The van der Waals surface area contributed by atoms with Crippen molar-refractivity contribution in [3.8, 4) is 17.6 Å². The fourth-order valence-corrected chi connectivity index (χ4v) is 10.7. The number of para-hydroxylation sites is 3. The van der Waals surface area contributed by atoms with Crippen LogP contribution in [0.3, 0.4) is 0 Å². The molecule has 0 saturated carbocycles. The number of carbonyl (C=O) groups excluding carboxylic acids is 4. The molecule has 69 heavy (non-hydrogen) atoms. The predicted octanol–water partition coefficient (Wildman–Crippen LogP) is 7.55. The maximum Gasteiger partial charge on any atom is 0.421 e. The van der Waals surface area contributed by atoms with Crippen LogP contribution in [-0.4, -0.2) is 83.4 Å². The maximum atomic E-state index is 16.5. The van der Waals surface area contributed by atoms with Gasteiger partial charge in [-0.2, -0.15) is 0 Å². The van der Waals surface area contributed by atoms with Gasteiger partial charge in [-0.05, 0) is 84.3 Å². The van der Waals surface area contributed by atoms with E-state index in [1.165, 1.54) is 7.11 Å². The highest BCUT2D eigenvalue weighted by molar-refractivity contribution is 6.23. The van der Waals surface area contributed by atoms with E-state index in [-0.39, 0.29) is 44.2 Å². The molecule has 6 atom stereocenters. The second-order valence-corrected chi connectivity index (χ2v) is 17.5. The zero-order chi connectivity index (χ0) is 47.5. The largest absolute Gasteiger partial charge is 0.491 e. The Morgan fingerprint density at radius 3 is 2.38 bits per heavy atom. The molecule has 2 fully saturated rings. The number of imidazole rings is 1. The fourth-order valence-electron chi connectivity index (χ4n) is 10.7. The number of aliphatic hydroxyl groups excluding tert-OH is 1. The van der Waals surface area contributed by atoms with Crippen LogP contribution in [0.25, 0.3) is 11.0 Å². The van der Waals surface area contributed by atoms with Gasteiger partial charge in [0.05, 0.1) is 54.5 Å². The lowest BCUT2D eigenvalue weighted by Gasteiger charge is -2.46. The number of hydrogen-bond donors (Lipinski definition) is 3. The van der Waals surface area contributed by atoms with Gasteiger partial charge in [0.1, 0.15) is 42.3 Å². The SMILES string of the molecule is COCCOC(=O)N1C(=O)C2(c3cc(C#CC4=CCCCC4)ccc31)C(C(=O)NCc1nc3ccccc3[nH]1)C1C(=O)OC(c3ccccc3)C(c3ccccc3)N1C2c1ccccc1OCCO. The van der Waals surface area contributed by atoms with E-state index in [0.717, 1.165) is 47.2 Å². The van der Waals surface area contributed by atoms with E-state index in [1.54, 1.807) is 42.5 Å². The first-order valence-corrected chi connectivity index (χ1v) is 23.3. The Bertz CT molecular complexity index is 2970. The molecular weight excluding hydrogens is 875 g/mol. The Morgan fingerprint density at radius 1 is 0.870 bits per heavy atom. The number of carbonyl (C=O) groups is 4. The van der Waals surface area contributed by atoms with Crippen molar-refractivity contribution in [1.82, 2.24) is 20.2 Å². The highest BCUT2D eigenvalue weighted by atomic mass is 16.6. The van der Waals surface area contributed by atoms with Crippen molar-refractivity contribution in [3.05, 3.63) is 173 Å². The van der Waals surface area contributed by atoms with Crippen LogP contribution in [0.2, 0.25) is 0 Å². The van der Waals surface area contributed by atoms with Gasteiger partial charge in [-0.15, -0.1) is 0 Å². The van der Waals surface area contributed by atoms with Crippen molar-refractivity contribution >= 4 is 40.6 Å². The molecule has 14 heteroatoms. The van der Waals surface area contributed by atoms with Gasteiger partial charge >= 0.3 is 12.1 Å². The lowest BCUT2D eigenvalue weighted by atomic mass is 9.65. The summed E-state index contributed by atoms with van der Waals surface area (Å²) in [5.74, 6) is 3.65. The summed E-state index contributed by atoms with van der Waals surface area (Å²) < 4.78 is 23.9. The summed E-state index contributed by atoms with van der Waals surface area (Å²) in [6.45, 7) is -0.626. The average Bonchev–Trinajstić information content (AvgIpc) is 4.03. The summed E-state index contributed by atoms with van der Waals surface area (Å²) in [6.07, 6.45) is 4.09. The molecule has 6 unspecified atom stereocenters. The second kappa shape index (κ2) is 19.6. The fraction of sp³-hybridized carbons (Fsp3) is 0.291. The molecule has 5 aromatic carbocycles. The summed E-state index contributed by atoms with van der Waals surface area (Å²) in [6, 6.07) is 35.2. The molecule has 1 aliphatic carbocycles. The lowest BCUT2D eigenvalue weighted by molar-refractivity contribution is -0.178. The van der Waals surface area contributed by atoms with E-state index >= 15 is 14.4 Å². The number of aliphatic hydroxyl groups is 1. The Hall–Kier alpha value is -7.57. The Kier molecular flexibility index (Phi) is 12.8.